The molecule has 2 aromatic rings. The molecule has 0 fully saturated rings. The second-order valence-corrected chi connectivity index (χ2v) is 5.33. The zero-order valence-corrected chi connectivity index (χ0v) is 13.2. The summed E-state index contributed by atoms with van der Waals surface area (Å²) in [4.78, 5) is 19.7. The van der Waals surface area contributed by atoms with Gasteiger partial charge in [-0.3, -0.25) is 4.79 Å². The third-order valence-electron chi connectivity index (χ3n) is 3.27. The monoisotopic (exact) mass is 299 g/mol. The highest BCUT2D eigenvalue weighted by Crippen LogP contribution is 2.25. The molecule has 0 atom stereocenters. The van der Waals surface area contributed by atoms with E-state index in [-0.39, 0.29) is 11.9 Å². The zero-order valence-electron chi connectivity index (χ0n) is 13.2. The fourth-order valence-electron chi connectivity index (χ4n) is 2.19. The minimum absolute atomic E-state index is 0.0178. The first-order valence-electron chi connectivity index (χ1n) is 7.41. The van der Waals surface area contributed by atoms with Crippen LogP contribution in [0.4, 0.5) is 5.82 Å². The van der Waals surface area contributed by atoms with Crippen molar-refractivity contribution >= 4 is 22.8 Å². The number of nitrogens with zero attached hydrogens (tertiary/aromatic N) is 3. The second-order valence-electron chi connectivity index (χ2n) is 5.33. The lowest BCUT2D eigenvalue weighted by atomic mass is 10.2. The van der Waals surface area contributed by atoms with Crippen LogP contribution in [0.1, 0.15) is 45.2 Å². The average Bonchev–Trinajstić information content (AvgIpc) is 2.84. The van der Waals surface area contributed by atoms with Gasteiger partial charge in [-0.2, -0.15) is 0 Å². The molecule has 0 aliphatic rings. The number of aromatic nitrogens is 3. The maximum Gasteiger partial charge on any atom is 0.220 e. The van der Waals surface area contributed by atoms with Crippen molar-refractivity contribution in [2.75, 3.05) is 12.3 Å². The van der Waals surface area contributed by atoms with E-state index in [0.717, 1.165) is 23.0 Å². The van der Waals surface area contributed by atoms with Crippen LogP contribution in [-0.2, 0) is 4.79 Å². The molecule has 22 heavy (non-hydrogen) atoms. The van der Waals surface area contributed by atoms with Crippen molar-refractivity contribution in [1.29, 1.82) is 0 Å². The molecule has 0 aliphatic carbocycles. The summed E-state index contributed by atoms with van der Waals surface area (Å²) in [6.45, 7) is 6.43. The Balaban J connectivity index is 2.27. The summed E-state index contributed by atoms with van der Waals surface area (Å²) >= 11 is 0. The second kappa shape index (κ2) is 6.94. The summed E-state index contributed by atoms with van der Waals surface area (Å²) in [6, 6.07) is 0.247. The van der Waals surface area contributed by atoms with Crippen LogP contribution < -0.4 is 11.1 Å². The van der Waals surface area contributed by atoms with E-state index in [0.29, 0.717) is 18.8 Å². The molecule has 6 heteroatoms. The number of carbonyl (C=O) groups excluding carboxylic acids is 1. The molecular weight excluding hydrogens is 278 g/mol. The van der Waals surface area contributed by atoms with Gasteiger partial charge in [0.05, 0.1) is 17.5 Å². The predicted octanol–water partition coefficient (Wildman–Crippen LogP) is 1.86. The first kappa shape index (κ1) is 15.8. The summed E-state index contributed by atoms with van der Waals surface area (Å²) in [6.07, 6.45) is 4.74. The van der Waals surface area contributed by atoms with Gasteiger partial charge < -0.3 is 15.6 Å². The zero-order chi connectivity index (χ0) is 16.1. The van der Waals surface area contributed by atoms with Gasteiger partial charge >= 0.3 is 0 Å². The van der Waals surface area contributed by atoms with Crippen LogP contribution in [-0.4, -0.2) is 27.0 Å². The number of carbonyl (C=O) groups is 1. The van der Waals surface area contributed by atoms with Gasteiger partial charge in [-0.25, -0.2) is 9.97 Å². The van der Waals surface area contributed by atoms with Crippen molar-refractivity contribution in [2.45, 2.75) is 39.7 Å². The van der Waals surface area contributed by atoms with Crippen molar-refractivity contribution in [3.05, 3.63) is 18.1 Å². The van der Waals surface area contributed by atoms with Crippen molar-refractivity contribution in [3.63, 3.8) is 0 Å². The Bertz CT molecular complexity index is 736. The van der Waals surface area contributed by atoms with Gasteiger partial charge in [-0.05, 0) is 20.3 Å². The molecule has 3 N–H and O–H groups in total. The highest BCUT2D eigenvalue weighted by atomic mass is 16.1. The molecule has 1 amide bonds. The quantitative estimate of drug-likeness (QED) is 0.844. The third-order valence-corrected chi connectivity index (χ3v) is 3.27. The SMILES string of the molecule is CCCC(=O)NCC#Cc1cn(C(C)C)c2ncnc(N)c12. The number of rotatable bonds is 4. The van der Waals surface area contributed by atoms with Crippen LogP contribution in [0.2, 0.25) is 0 Å². The number of nitrogen functional groups attached to an aromatic ring is 1. The minimum atomic E-state index is 0.0178. The minimum Gasteiger partial charge on any atom is -0.383 e. The van der Waals surface area contributed by atoms with E-state index >= 15 is 0 Å². The molecule has 0 saturated heterocycles. The molecule has 0 aliphatic heterocycles. The third kappa shape index (κ3) is 3.37. The van der Waals surface area contributed by atoms with Crippen LogP contribution in [0, 0.1) is 11.8 Å². The smallest absolute Gasteiger partial charge is 0.220 e. The number of nitrogens with one attached hydrogen (secondary N) is 1. The van der Waals surface area contributed by atoms with E-state index in [9.17, 15) is 4.79 Å². The van der Waals surface area contributed by atoms with Crippen molar-refractivity contribution < 1.29 is 4.79 Å². The molecule has 0 unspecified atom stereocenters. The van der Waals surface area contributed by atoms with Gasteiger partial charge in [0.2, 0.25) is 5.91 Å². The van der Waals surface area contributed by atoms with Gasteiger partial charge in [0.25, 0.3) is 0 Å². The fourth-order valence-corrected chi connectivity index (χ4v) is 2.19. The maximum atomic E-state index is 11.4. The first-order valence-corrected chi connectivity index (χ1v) is 7.41. The molecule has 0 bridgehead atoms. The van der Waals surface area contributed by atoms with Crippen LogP contribution in [0.5, 0.6) is 0 Å². The maximum absolute atomic E-state index is 11.4. The lowest BCUT2D eigenvalue weighted by Gasteiger charge is -2.07. The standard InChI is InChI=1S/C16H21N5O/c1-4-6-13(22)18-8-5-7-12-9-21(11(2)3)16-14(12)15(17)19-10-20-16/h9-11H,4,6,8H2,1-3H3,(H,18,22)(H2,17,19,20). The van der Waals surface area contributed by atoms with Crippen molar-refractivity contribution in [3.8, 4) is 11.8 Å². The Hall–Kier alpha value is -2.55. The van der Waals surface area contributed by atoms with Gasteiger partial charge in [0.1, 0.15) is 17.8 Å². The highest BCUT2D eigenvalue weighted by molar-refractivity contribution is 5.92. The Labute approximate surface area is 130 Å². The average molecular weight is 299 g/mol. The van der Waals surface area contributed by atoms with E-state index in [4.69, 9.17) is 5.73 Å². The Morgan fingerprint density at radius 1 is 1.45 bits per heavy atom. The first-order chi connectivity index (χ1) is 10.5. The highest BCUT2D eigenvalue weighted by Gasteiger charge is 2.13. The van der Waals surface area contributed by atoms with Crippen LogP contribution in [0.15, 0.2) is 12.5 Å². The molecule has 0 saturated carbocycles. The molecule has 2 heterocycles. The molecule has 0 radical (unpaired) electrons. The van der Waals surface area contributed by atoms with E-state index < -0.39 is 0 Å². The van der Waals surface area contributed by atoms with Gasteiger partial charge in [0, 0.05) is 18.7 Å². The number of hydrogen-bond acceptors (Lipinski definition) is 4. The summed E-state index contributed by atoms with van der Waals surface area (Å²) in [5.41, 5.74) is 7.52. The fraction of sp³-hybridized carbons (Fsp3) is 0.438. The molecule has 2 rings (SSSR count). The van der Waals surface area contributed by atoms with Crippen molar-refractivity contribution in [2.24, 2.45) is 0 Å². The van der Waals surface area contributed by atoms with E-state index in [1.165, 1.54) is 6.33 Å². The number of anilines is 1. The summed E-state index contributed by atoms with van der Waals surface area (Å²) in [5.74, 6) is 6.45. The summed E-state index contributed by atoms with van der Waals surface area (Å²) < 4.78 is 2.02. The molecule has 6 nitrogen and oxygen atoms in total. The molecule has 2 aromatic heterocycles. The van der Waals surface area contributed by atoms with E-state index in [2.05, 4.69) is 41.0 Å². The largest absolute Gasteiger partial charge is 0.383 e. The van der Waals surface area contributed by atoms with Gasteiger partial charge in [-0.1, -0.05) is 18.8 Å². The lowest BCUT2D eigenvalue weighted by Crippen LogP contribution is -2.22. The molecule has 0 aromatic carbocycles. The predicted molar refractivity (Wildman–Crippen MR) is 87.1 cm³/mol. The van der Waals surface area contributed by atoms with Crippen LogP contribution in [0.3, 0.4) is 0 Å². The Morgan fingerprint density at radius 2 is 2.23 bits per heavy atom. The van der Waals surface area contributed by atoms with Gasteiger partial charge in [0.15, 0.2) is 0 Å². The Morgan fingerprint density at radius 3 is 2.91 bits per heavy atom. The number of amides is 1. The summed E-state index contributed by atoms with van der Waals surface area (Å²) in [7, 11) is 0. The van der Waals surface area contributed by atoms with E-state index in [1.54, 1.807) is 0 Å². The number of nitrogens with two attached hydrogens (primary N) is 1. The van der Waals surface area contributed by atoms with Crippen molar-refractivity contribution in [1.82, 2.24) is 19.9 Å². The van der Waals surface area contributed by atoms with E-state index in [1.807, 2.05) is 17.7 Å². The number of fused-ring (bicyclic) bond motifs is 1. The topological polar surface area (TPSA) is 85.8 Å². The lowest BCUT2D eigenvalue weighted by molar-refractivity contribution is -0.120. The van der Waals surface area contributed by atoms with Crippen LogP contribution in [0.25, 0.3) is 11.0 Å². The Kier molecular flexibility index (Phi) is 4.99. The molecular formula is C16H21N5O. The molecule has 116 valence electrons. The number of hydrogen-bond donors (Lipinski definition) is 2. The van der Waals surface area contributed by atoms with Gasteiger partial charge in [-0.15, -0.1) is 0 Å². The summed E-state index contributed by atoms with van der Waals surface area (Å²) in [5, 5.41) is 3.53. The molecule has 0 spiro atoms. The van der Waals surface area contributed by atoms with Crippen LogP contribution >= 0.6 is 0 Å². The normalized spacial score (nSPS) is 10.5.